The number of rotatable bonds is 5. The number of ketones is 1. The van der Waals surface area contributed by atoms with Crippen molar-refractivity contribution in [2.24, 2.45) is 0 Å². The third kappa shape index (κ3) is 3.27. The maximum Gasteiger partial charge on any atom is 0.168 e. The number of hydrogen-bond acceptors (Lipinski definition) is 4. The van der Waals surface area contributed by atoms with Gasteiger partial charge in [0.15, 0.2) is 17.3 Å². The second-order valence-electron chi connectivity index (χ2n) is 5.12. The molecule has 0 saturated carbocycles. The molecule has 4 nitrogen and oxygen atoms in total. The number of carbonyl (C=O) groups excluding carboxylic acids is 1. The molecule has 0 fully saturated rings. The zero-order valence-electron chi connectivity index (χ0n) is 13.8. The molecule has 0 radical (unpaired) electrons. The highest BCUT2D eigenvalue weighted by Crippen LogP contribution is 2.44. The van der Waals surface area contributed by atoms with Crippen LogP contribution in [0.5, 0.6) is 17.2 Å². The van der Waals surface area contributed by atoms with Gasteiger partial charge >= 0.3 is 0 Å². The van der Waals surface area contributed by atoms with Crippen LogP contribution in [0.2, 0.25) is 5.02 Å². The molecule has 0 amide bonds. The van der Waals surface area contributed by atoms with Crippen molar-refractivity contribution in [2.45, 2.75) is 13.8 Å². The van der Waals surface area contributed by atoms with Crippen LogP contribution in [0.1, 0.15) is 22.8 Å². The van der Waals surface area contributed by atoms with E-state index in [9.17, 15) is 4.79 Å². The van der Waals surface area contributed by atoms with Crippen molar-refractivity contribution < 1.29 is 19.0 Å². The summed E-state index contributed by atoms with van der Waals surface area (Å²) in [6.45, 7) is 3.42. The molecule has 23 heavy (non-hydrogen) atoms. The summed E-state index contributed by atoms with van der Waals surface area (Å²) < 4.78 is 16.3. The molecule has 0 aromatic heterocycles. The highest BCUT2D eigenvalue weighted by atomic mass is 35.5. The number of halogens is 1. The van der Waals surface area contributed by atoms with Crippen LogP contribution in [-0.2, 0) is 0 Å². The zero-order chi connectivity index (χ0) is 17.1. The van der Waals surface area contributed by atoms with E-state index in [1.165, 1.54) is 14.0 Å². The van der Waals surface area contributed by atoms with Crippen LogP contribution in [-0.4, -0.2) is 27.1 Å². The van der Waals surface area contributed by atoms with E-state index in [4.69, 9.17) is 25.8 Å². The van der Waals surface area contributed by atoms with Gasteiger partial charge in [-0.05, 0) is 43.7 Å². The van der Waals surface area contributed by atoms with Crippen molar-refractivity contribution >= 4 is 17.4 Å². The summed E-state index contributed by atoms with van der Waals surface area (Å²) in [5.74, 6) is 1.57. The van der Waals surface area contributed by atoms with Gasteiger partial charge in [-0.15, -0.1) is 0 Å². The fourth-order valence-corrected chi connectivity index (χ4v) is 2.56. The van der Waals surface area contributed by atoms with Crippen molar-refractivity contribution in [2.75, 3.05) is 21.3 Å². The molecule has 0 saturated heterocycles. The third-order valence-electron chi connectivity index (χ3n) is 3.66. The van der Waals surface area contributed by atoms with E-state index >= 15 is 0 Å². The topological polar surface area (TPSA) is 44.8 Å². The lowest BCUT2D eigenvalue weighted by Crippen LogP contribution is -2.00. The minimum absolute atomic E-state index is 0.0585. The van der Waals surface area contributed by atoms with E-state index in [0.29, 0.717) is 33.4 Å². The Balaban J connectivity index is 2.83. The first kappa shape index (κ1) is 17.2. The van der Waals surface area contributed by atoms with Gasteiger partial charge in [-0.2, -0.15) is 0 Å². The fourth-order valence-electron chi connectivity index (χ4n) is 2.41. The molecule has 5 heteroatoms. The Hall–Kier alpha value is -2.20. The van der Waals surface area contributed by atoms with Crippen molar-refractivity contribution in [1.29, 1.82) is 0 Å². The predicted molar refractivity (Wildman–Crippen MR) is 91.3 cm³/mol. The number of methoxy groups -OCH3 is 3. The lowest BCUT2D eigenvalue weighted by Gasteiger charge is -2.17. The molecule has 0 spiro atoms. The number of carbonyl (C=O) groups is 1. The minimum atomic E-state index is -0.0585. The summed E-state index contributed by atoms with van der Waals surface area (Å²) in [6, 6.07) is 7.09. The predicted octanol–water partition coefficient (Wildman–Crippen LogP) is 4.54. The molecule has 0 aliphatic carbocycles. The van der Waals surface area contributed by atoms with Crippen LogP contribution in [0.15, 0.2) is 24.3 Å². The van der Waals surface area contributed by atoms with Crippen LogP contribution in [0, 0.1) is 6.92 Å². The lowest BCUT2D eigenvalue weighted by atomic mass is 9.97. The number of aryl methyl sites for hydroxylation is 1. The monoisotopic (exact) mass is 334 g/mol. The van der Waals surface area contributed by atoms with Crippen LogP contribution in [0.25, 0.3) is 11.1 Å². The first-order valence-corrected chi connectivity index (χ1v) is 7.42. The molecule has 2 aromatic rings. The van der Waals surface area contributed by atoms with Gasteiger partial charge in [0.2, 0.25) is 0 Å². The van der Waals surface area contributed by atoms with Gasteiger partial charge in [0.05, 0.1) is 21.3 Å². The van der Waals surface area contributed by atoms with E-state index in [0.717, 1.165) is 11.1 Å². The quantitative estimate of drug-likeness (QED) is 0.753. The normalized spacial score (nSPS) is 10.3. The largest absolute Gasteiger partial charge is 0.496 e. The molecule has 0 atom stereocenters. The zero-order valence-corrected chi connectivity index (χ0v) is 14.6. The van der Waals surface area contributed by atoms with Gasteiger partial charge in [0.1, 0.15) is 5.75 Å². The van der Waals surface area contributed by atoms with Gasteiger partial charge in [0.25, 0.3) is 0 Å². The summed E-state index contributed by atoms with van der Waals surface area (Å²) >= 11 is 6.18. The minimum Gasteiger partial charge on any atom is -0.496 e. The molecule has 122 valence electrons. The third-order valence-corrected chi connectivity index (χ3v) is 4.06. The van der Waals surface area contributed by atoms with E-state index in [2.05, 4.69) is 0 Å². The summed E-state index contributed by atoms with van der Waals surface area (Å²) in [7, 11) is 4.67. The highest BCUT2D eigenvalue weighted by Gasteiger charge is 2.19. The Kier molecular flexibility index (Phi) is 5.16. The molecule has 0 N–H and O–H groups in total. The summed E-state index contributed by atoms with van der Waals surface area (Å²) in [5, 5.41) is 0.610. The Morgan fingerprint density at radius 3 is 2.09 bits per heavy atom. The molecular weight excluding hydrogens is 316 g/mol. The fraction of sp³-hybridized carbons (Fsp3) is 0.278. The molecule has 2 aromatic carbocycles. The molecule has 0 aliphatic heterocycles. The van der Waals surface area contributed by atoms with Crippen LogP contribution in [0.3, 0.4) is 0 Å². The van der Waals surface area contributed by atoms with E-state index < -0.39 is 0 Å². The van der Waals surface area contributed by atoms with Gasteiger partial charge < -0.3 is 14.2 Å². The standard InChI is InChI=1S/C18H19ClO4/c1-10-6-13(16(21-3)9-15(10)19)14-7-12(11(2)20)8-17(22-4)18(14)23-5/h6-9H,1-5H3. The van der Waals surface area contributed by atoms with E-state index in [1.807, 2.05) is 13.0 Å². The first-order chi connectivity index (χ1) is 10.9. The number of ether oxygens (including phenoxy) is 3. The van der Waals surface area contributed by atoms with Gasteiger partial charge in [-0.1, -0.05) is 11.6 Å². The number of hydrogen-bond donors (Lipinski definition) is 0. The maximum atomic E-state index is 11.8. The Morgan fingerprint density at radius 1 is 0.913 bits per heavy atom. The van der Waals surface area contributed by atoms with Crippen molar-refractivity contribution in [3.63, 3.8) is 0 Å². The molecule has 0 unspecified atom stereocenters. The summed E-state index contributed by atoms with van der Waals surface area (Å²) in [6.07, 6.45) is 0. The molecule has 2 rings (SSSR count). The number of benzene rings is 2. The van der Waals surface area contributed by atoms with E-state index in [1.54, 1.807) is 32.4 Å². The summed E-state index contributed by atoms with van der Waals surface area (Å²) in [4.78, 5) is 11.8. The van der Waals surface area contributed by atoms with Crippen molar-refractivity contribution in [1.82, 2.24) is 0 Å². The van der Waals surface area contributed by atoms with Crippen molar-refractivity contribution in [3.05, 3.63) is 40.4 Å². The Bertz CT molecular complexity index is 753. The Labute approximate surface area is 140 Å². The molecular formula is C18H19ClO4. The lowest BCUT2D eigenvalue weighted by molar-refractivity contribution is 0.101. The maximum absolute atomic E-state index is 11.8. The first-order valence-electron chi connectivity index (χ1n) is 7.04. The van der Waals surface area contributed by atoms with Gasteiger partial charge in [-0.25, -0.2) is 0 Å². The second-order valence-corrected chi connectivity index (χ2v) is 5.52. The molecule has 0 bridgehead atoms. The second kappa shape index (κ2) is 6.92. The van der Waals surface area contributed by atoms with Crippen LogP contribution >= 0.6 is 11.6 Å². The average molecular weight is 335 g/mol. The SMILES string of the molecule is COc1cc(Cl)c(C)cc1-c1cc(C(C)=O)cc(OC)c1OC. The van der Waals surface area contributed by atoms with Crippen LogP contribution in [0.4, 0.5) is 0 Å². The van der Waals surface area contributed by atoms with Gasteiger partial charge in [0, 0.05) is 21.7 Å². The molecule has 0 heterocycles. The van der Waals surface area contributed by atoms with E-state index in [-0.39, 0.29) is 5.78 Å². The highest BCUT2D eigenvalue weighted by molar-refractivity contribution is 6.31. The molecule has 0 aliphatic rings. The summed E-state index contributed by atoms with van der Waals surface area (Å²) in [5.41, 5.74) is 2.94. The smallest absolute Gasteiger partial charge is 0.168 e. The Morgan fingerprint density at radius 2 is 1.57 bits per heavy atom. The van der Waals surface area contributed by atoms with Crippen molar-refractivity contribution in [3.8, 4) is 28.4 Å². The average Bonchev–Trinajstić information content (AvgIpc) is 2.55. The number of Topliss-reactive ketones (excluding diaryl/α,β-unsaturated/α-hetero) is 1. The van der Waals surface area contributed by atoms with Crippen LogP contribution < -0.4 is 14.2 Å². The van der Waals surface area contributed by atoms with Gasteiger partial charge in [-0.3, -0.25) is 4.79 Å².